The van der Waals surface area contributed by atoms with Gasteiger partial charge < -0.3 is 15.3 Å². The van der Waals surface area contributed by atoms with Crippen LogP contribution in [0.3, 0.4) is 0 Å². The summed E-state index contributed by atoms with van der Waals surface area (Å²) in [7, 11) is 0. The lowest BCUT2D eigenvalue weighted by molar-refractivity contribution is -0.257. The van der Waals surface area contributed by atoms with Gasteiger partial charge in [-0.25, -0.2) is 13.5 Å². The average Bonchev–Trinajstić information content (AvgIpc) is 3.33. The lowest BCUT2D eigenvalue weighted by atomic mass is 9.99. The van der Waals surface area contributed by atoms with Gasteiger partial charge in [0, 0.05) is 17.6 Å². The molecule has 0 aliphatic rings. The van der Waals surface area contributed by atoms with Crippen LogP contribution in [0.2, 0.25) is 0 Å². The number of rotatable bonds is 8. The Labute approximate surface area is 234 Å². The van der Waals surface area contributed by atoms with Crippen molar-refractivity contribution in [3.63, 3.8) is 0 Å². The number of aliphatic hydroxyl groups is 1. The Morgan fingerprint density at radius 2 is 1.69 bits per heavy atom. The summed E-state index contributed by atoms with van der Waals surface area (Å²) in [5, 5.41) is 17.9. The van der Waals surface area contributed by atoms with Gasteiger partial charge in [0.05, 0.1) is 41.6 Å². The fourth-order valence-electron chi connectivity index (χ4n) is 4.47. The Hall–Kier alpha value is -4.20. The lowest BCUT2D eigenvalue weighted by Crippen LogP contribution is -2.58. The molecule has 0 bridgehead atoms. The van der Waals surface area contributed by atoms with Crippen molar-refractivity contribution < 1.29 is 45.0 Å². The van der Waals surface area contributed by atoms with Crippen molar-refractivity contribution in [2.75, 3.05) is 25.0 Å². The number of amides is 1. The molecule has 0 spiro atoms. The molecule has 14 heteroatoms. The molecule has 42 heavy (non-hydrogen) atoms. The van der Waals surface area contributed by atoms with Crippen LogP contribution in [-0.2, 0) is 6.18 Å². The van der Waals surface area contributed by atoms with E-state index < -0.39 is 66.3 Å². The normalized spacial score (nSPS) is 13.7. The number of nitrogens with one attached hydrogen (secondary N) is 1. The van der Waals surface area contributed by atoms with E-state index in [2.05, 4.69) is 10.4 Å². The molecule has 0 saturated heterocycles. The highest BCUT2D eigenvalue weighted by Gasteiger charge is 2.55. The minimum absolute atomic E-state index is 0.129. The molecule has 4 aromatic rings. The van der Waals surface area contributed by atoms with Gasteiger partial charge in [-0.15, -0.1) is 0 Å². The highest BCUT2D eigenvalue weighted by atomic mass is 19.4. The van der Waals surface area contributed by atoms with Crippen LogP contribution in [0.1, 0.15) is 28.4 Å². The SMILES string of the molecule is CCN(CC(O)(CNc1cc(C)cc2c1cnn2-c1ccc(F)cc1)C(F)(F)F)C(=O)c1c(F)cccc1C(F)(F)F. The van der Waals surface area contributed by atoms with E-state index in [4.69, 9.17) is 0 Å². The van der Waals surface area contributed by atoms with Crippen molar-refractivity contribution in [3.05, 3.63) is 89.1 Å². The van der Waals surface area contributed by atoms with Gasteiger partial charge in [-0.3, -0.25) is 4.79 Å². The van der Waals surface area contributed by atoms with E-state index in [0.717, 1.165) is 6.07 Å². The highest BCUT2D eigenvalue weighted by Crippen LogP contribution is 2.36. The summed E-state index contributed by atoms with van der Waals surface area (Å²) >= 11 is 0. The van der Waals surface area contributed by atoms with E-state index >= 15 is 0 Å². The number of hydrogen-bond donors (Lipinski definition) is 2. The summed E-state index contributed by atoms with van der Waals surface area (Å²) in [5.41, 5.74) is -5.12. The van der Waals surface area contributed by atoms with Crippen molar-refractivity contribution >= 4 is 22.5 Å². The number of benzene rings is 3. The Balaban J connectivity index is 1.66. The van der Waals surface area contributed by atoms with Crippen LogP contribution in [0, 0.1) is 18.6 Å². The van der Waals surface area contributed by atoms with E-state index in [1.54, 1.807) is 13.0 Å². The monoisotopic (exact) mass is 600 g/mol. The molecule has 1 aromatic heterocycles. The predicted octanol–water partition coefficient (Wildman–Crippen LogP) is 6.50. The van der Waals surface area contributed by atoms with Crippen molar-refractivity contribution in [2.24, 2.45) is 0 Å². The Bertz CT molecular complexity index is 1600. The maximum absolute atomic E-state index is 14.4. The number of carbonyl (C=O) groups excluding carboxylic acids is 1. The predicted molar refractivity (Wildman–Crippen MR) is 138 cm³/mol. The van der Waals surface area contributed by atoms with Crippen molar-refractivity contribution in [3.8, 4) is 5.69 Å². The van der Waals surface area contributed by atoms with Gasteiger partial charge in [-0.2, -0.15) is 31.4 Å². The van der Waals surface area contributed by atoms with Crippen molar-refractivity contribution in [2.45, 2.75) is 31.8 Å². The number of anilines is 1. The molecule has 0 aliphatic heterocycles. The van der Waals surface area contributed by atoms with E-state index in [0.29, 0.717) is 39.2 Å². The van der Waals surface area contributed by atoms with E-state index in [1.807, 2.05) is 0 Å². The minimum Gasteiger partial charge on any atom is -0.381 e. The second-order valence-corrected chi connectivity index (χ2v) is 9.64. The first-order valence-corrected chi connectivity index (χ1v) is 12.5. The molecule has 2 N–H and O–H groups in total. The molecule has 1 heterocycles. The maximum atomic E-state index is 14.4. The van der Waals surface area contributed by atoms with Crippen LogP contribution in [-0.4, -0.2) is 57.1 Å². The van der Waals surface area contributed by atoms with Gasteiger partial charge in [0.2, 0.25) is 0 Å². The molecule has 1 amide bonds. The summed E-state index contributed by atoms with van der Waals surface area (Å²) in [6.07, 6.45) is -9.17. The van der Waals surface area contributed by atoms with Gasteiger partial charge >= 0.3 is 12.4 Å². The molecule has 1 unspecified atom stereocenters. The third kappa shape index (κ3) is 6.03. The molecular weight excluding hydrogens is 576 g/mol. The number of nitrogens with zero attached hydrogens (tertiary/aromatic N) is 3. The molecule has 6 nitrogen and oxygen atoms in total. The zero-order chi connectivity index (χ0) is 31.0. The number of likely N-dealkylation sites (N-methyl/N-ethyl adjacent to an activating group) is 1. The number of aromatic nitrogens is 2. The Morgan fingerprint density at radius 1 is 1.02 bits per heavy atom. The van der Waals surface area contributed by atoms with Gasteiger partial charge in [0.1, 0.15) is 11.6 Å². The molecule has 0 fully saturated rings. The number of hydrogen-bond acceptors (Lipinski definition) is 4. The fraction of sp³-hybridized carbons (Fsp3) is 0.286. The highest BCUT2D eigenvalue weighted by molar-refractivity contribution is 5.96. The molecule has 1 atom stereocenters. The molecule has 4 rings (SSSR count). The first-order valence-electron chi connectivity index (χ1n) is 12.5. The van der Waals surface area contributed by atoms with E-state index in [-0.39, 0.29) is 5.69 Å². The summed E-state index contributed by atoms with van der Waals surface area (Å²) < 4.78 is 112. The summed E-state index contributed by atoms with van der Waals surface area (Å²) in [5.74, 6) is -3.71. The van der Waals surface area contributed by atoms with Crippen LogP contribution in [0.25, 0.3) is 16.6 Å². The second-order valence-electron chi connectivity index (χ2n) is 9.64. The van der Waals surface area contributed by atoms with Crippen LogP contribution in [0.4, 0.5) is 40.8 Å². The molecule has 224 valence electrons. The quantitative estimate of drug-likeness (QED) is 0.227. The summed E-state index contributed by atoms with van der Waals surface area (Å²) in [6, 6.07) is 10.3. The lowest BCUT2D eigenvalue weighted by Gasteiger charge is -2.36. The third-order valence-corrected chi connectivity index (χ3v) is 6.66. The largest absolute Gasteiger partial charge is 0.420 e. The van der Waals surface area contributed by atoms with Gasteiger partial charge in [-0.05, 0) is 67.9 Å². The molecule has 0 saturated carbocycles. The topological polar surface area (TPSA) is 70.4 Å². The number of aryl methyl sites for hydroxylation is 1. The fourth-order valence-corrected chi connectivity index (χ4v) is 4.47. The average molecular weight is 601 g/mol. The van der Waals surface area contributed by atoms with Crippen LogP contribution in [0.15, 0.2) is 60.8 Å². The molecule has 0 aliphatic carbocycles. The first-order chi connectivity index (χ1) is 19.6. The van der Waals surface area contributed by atoms with Crippen molar-refractivity contribution in [1.82, 2.24) is 14.7 Å². The second kappa shape index (κ2) is 11.2. The molecule has 3 aromatic carbocycles. The zero-order valence-electron chi connectivity index (χ0n) is 22.1. The smallest absolute Gasteiger partial charge is 0.381 e. The Morgan fingerprint density at radius 3 is 2.29 bits per heavy atom. The summed E-state index contributed by atoms with van der Waals surface area (Å²) in [4.78, 5) is 13.3. The van der Waals surface area contributed by atoms with Crippen molar-refractivity contribution in [1.29, 1.82) is 0 Å². The number of alkyl halides is 6. The van der Waals surface area contributed by atoms with E-state index in [9.17, 15) is 45.0 Å². The first kappa shape index (κ1) is 30.8. The molecule has 0 radical (unpaired) electrons. The standard InChI is InChI=1S/C28H24F8N4O2/c1-3-39(25(41)24-20(27(31,32)33)5-4-6-21(24)30)15-26(42,28(34,35)36)14-37-22-11-16(2)12-23-19(22)13-38-40(23)18-9-7-17(29)8-10-18/h4-13,37,42H,3,14-15H2,1-2H3. The number of fused-ring (bicyclic) bond motifs is 1. The molecular formula is C28H24F8N4O2. The van der Waals surface area contributed by atoms with Crippen LogP contribution in [0.5, 0.6) is 0 Å². The number of halogens is 8. The third-order valence-electron chi connectivity index (χ3n) is 6.66. The number of carbonyl (C=O) groups is 1. The van der Waals surface area contributed by atoms with Gasteiger partial charge in [-0.1, -0.05) is 6.07 Å². The van der Waals surface area contributed by atoms with Gasteiger partial charge in [0.25, 0.3) is 5.91 Å². The van der Waals surface area contributed by atoms with Crippen LogP contribution < -0.4 is 5.32 Å². The maximum Gasteiger partial charge on any atom is 0.420 e. The van der Waals surface area contributed by atoms with E-state index in [1.165, 1.54) is 48.1 Å². The minimum atomic E-state index is -5.36. The Kier molecular flexibility index (Phi) is 8.22. The zero-order valence-corrected chi connectivity index (χ0v) is 22.1. The van der Waals surface area contributed by atoms with Gasteiger partial charge in [0.15, 0.2) is 5.60 Å². The van der Waals surface area contributed by atoms with Crippen LogP contribution >= 0.6 is 0 Å². The summed E-state index contributed by atoms with van der Waals surface area (Å²) in [6.45, 7) is -0.433.